The number of Topliss-reactive ketones (excluding diaryl/α,β-unsaturated/α-hetero) is 1. The number of aromatic nitrogens is 1. The second-order valence-corrected chi connectivity index (χ2v) is 7.09. The maximum atomic E-state index is 12.6. The zero-order valence-corrected chi connectivity index (χ0v) is 15.7. The van der Waals surface area contributed by atoms with Crippen LogP contribution in [0, 0.1) is 0 Å². The van der Waals surface area contributed by atoms with Crippen molar-refractivity contribution in [2.75, 3.05) is 19.7 Å². The summed E-state index contributed by atoms with van der Waals surface area (Å²) >= 11 is 0. The number of hydrogen-bond acceptors (Lipinski definition) is 4. The minimum Gasteiger partial charge on any atom is -0.494 e. The van der Waals surface area contributed by atoms with Crippen molar-refractivity contribution in [3.05, 3.63) is 59.9 Å². The van der Waals surface area contributed by atoms with Gasteiger partial charge in [-0.3, -0.25) is 9.78 Å². The largest absolute Gasteiger partial charge is 0.494 e. The molecule has 0 amide bonds. The highest BCUT2D eigenvalue weighted by molar-refractivity contribution is 6.00. The molecule has 0 radical (unpaired) electrons. The molecular formula is C22H28N2O2. The Morgan fingerprint density at radius 2 is 2.08 bits per heavy atom. The van der Waals surface area contributed by atoms with Crippen molar-refractivity contribution in [2.45, 2.75) is 45.1 Å². The molecule has 0 aliphatic carbocycles. The first kappa shape index (κ1) is 18.6. The predicted octanol–water partition coefficient (Wildman–Crippen LogP) is 4.32. The minimum absolute atomic E-state index is 0.0817. The van der Waals surface area contributed by atoms with Crippen LogP contribution in [0.25, 0.3) is 0 Å². The summed E-state index contributed by atoms with van der Waals surface area (Å²) in [4.78, 5) is 19.4. The van der Waals surface area contributed by atoms with E-state index in [2.05, 4.69) is 16.8 Å². The third kappa shape index (κ3) is 4.70. The average molecular weight is 352 g/mol. The van der Waals surface area contributed by atoms with Gasteiger partial charge in [-0.2, -0.15) is 0 Å². The van der Waals surface area contributed by atoms with Gasteiger partial charge in [0.2, 0.25) is 0 Å². The number of pyridine rings is 1. The second-order valence-electron chi connectivity index (χ2n) is 7.09. The molecule has 3 rings (SSSR count). The summed E-state index contributed by atoms with van der Waals surface area (Å²) in [5.41, 5.74) is 1.50. The lowest BCUT2D eigenvalue weighted by Gasteiger charge is -2.20. The van der Waals surface area contributed by atoms with Gasteiger partial charge >= 0.3 is 0 Å². The first-order chi connectivity index (χ1) is 12.6. The average Bonchev–Trinajstić information content (AvgIpc) is 3.10. The summed E-state index contributed by atoms with van der Waals surface area (Å²) in [5, 5.41) is 0. The van der Waals surface area contributed by atoms with E-state index in [0.717, 1.165) is 24.4 Å². The molecule has 1 aliphatic rings. The maximum Gasteiger partial charge on any atom is 0.171 e. The summed E-state index contributed by atoms with van der Waals surface area (Å²) in [6.07, 6.45) is 5.38. The summed E-state index contributed by atoms with van der Waals surface area (Å²) < 4.78 is 5.83. The molecule has 2 heterocycles. The number of ether oxygens (including phenoxy) is 1. The predicted molar refractivity (Wildman–Crippen MR) is 104 cm³/mol. The molecule has 138 valence electrons. The Hall–Kier alpha value is -2.20. The van der Waals surface area contributed by atoms with Crippen molar-refractivity contribution in [1.29, 1.82) is 0 Å². The fourth-order valence-electron chi connectivity index (χ4n) is 3.51. The topological polar surface area (TPSA) is 42.4 Å². The zero-order valence-electron chi connectivity index (χ0n) is 15.7. The number of carbonyl (C=O) groups excluding carboxylic acids is 1. The van der Waals surface area contributed by atoms with Gasteiger partial charge in [-0.05, 0) is 76.1 Å². The summed E-state index contributed by atoms with van der Waals surface area (Å²) in [7, 11) is 0. The van der Waals surface area contributed by atoms with Crippen molar-refractivity contribution < 1.29 is 9.53 Å². The maximum absolute atomic E-state index is 12.6. The van der Waals surface area contributed by atoms with Crippen LogP contribution in [-0.4, -0.2) is 41.4 Å². The van der Waals surface area contributed by atoms with Gasteiger partial charge in [0.05, 0.1) is 18.2 Å². The molecule has 1 fully saturated rings. The van der Waals surface area contributed by atoms with Crippen molar-refractivity contribution in [3.63, 3.8) is 0 Å². The zero-order chi connectivity index (χ0) is 18.4. The van der Waals surface area contributed by atoms with Gasteiger partial charge in [0.1, 0.15) is 5.75 Å². The summed E-state index contributed by atoms with van der Waals surface area (Å²) in [6.45, 7) is 7.22. The number of hydrogen-bond donors (Lipinski definition) is 0. The molecule has 1 aliphatic heterocycles. The second kappa shape index (κ2) is 8.95. The first-order valence-electron chi connectivity index (χ1n) is 9.57. The Morgan fingerprint density at radius 1 is 1.27 bits per heavy atom. The molecule has 1 aromatic carbocycles. The molecule has 2 atom stereocenters. The van der Waals surface area contributed by atoms with Crippen LogP contribution in [0.1, 0.15) is 55.1 Å². The van der Waals surface area contributed by atoms with E-state index in [0.29, 0.717) is 18.2 Å². The molecule has 0 bridgehead atoms. The van der Waals surface area contributed by atoms with Gasteiger partial charge in [-0.1, -0.05) is 6.07 Å². The van der Waals surface area contributed by atoms with Crippen LogP contribution in [0.5, 0.6) is 5.75 Å². The van der Waals surface area contributed by atoms with E-state index in [1.807, 2.05) is 49.4 Å². The fraction of sp³-hybridized carbons (Fsp3) is 0.455. The van der Waals surface area contributed by atoms with Crippen LogP contribution in [0.2, 0.25) is 0 Å². The molecule has 26 heavy (non-hydrogen) atoms. The molecule has 2 aromatic rings. The summed E-state index contributed by atoms with van der Waals surface area (Å²) in [5.74, 6) is 0.658. The Balaban J connectivity index is 1.48. The number of ketones is 1. The molecule has 1 saturated heterocycles. The monoisotopic (exact) mass is 352 g/mol. The van der Waals surface area contributed by atoms with Gasteiger partial charge in [-0.15, -0.1) is 0 Å². The molecule has 1 unspecified atom stereocenters. The van der Waals surface area contributed by atoms with Gasteiger partial charge < -0.3 is 9.64 Å². The lowest BCUT2D eigenvalue weighted by atomic mass is 9.96. The molecule has 1 aromatic heterocycles. The molecule has 4 nitrogen and oxygen atoms in total. The van der Waals surface area contributed by atoms with Gasteiger partial charge in [0, 0.05) is 24.3 Å². The fourth-order valence-corrected chi connectivity index (χ4v) is 3.51. The normalized spacial score (nSPS) is 18.6. The lowest BCUT2D eigenvalue weighted by molar-refractivity contribution is 0.0964. The van der Waals surface area contributed by atoms with E-state index < -0.39 is 0 Å². The Kier molecular flexibility index (Phi) is 6.40. The number of rotatable bonds is 8. The van der Waals surface area contributed by atoms with Crippen molar-refractivity contribution in [1.82, 2.24) is 9.88 Å². The van der Waals surface area contributed by atoms with Crippen LogP contribution in [0.4, 0.5) is 0 Å². The van der Waals surface area contributed by atoms with Crippen LogP contribution < -0.4 is 4.74 Å². The Bertz CT molecular complexity index is 700. The summed E-state index contributed by atoms with van der Waals surface area (Å²) in [6, 6.07) is 13.8. The van der Waals surface area contributed by atoms with E-state index >= 15 is 0 Å². The standard InChI is InChI=1S/C22H28N2O2/c1-17-7-5-14-24(17)15-6-16-26-20-11-9-19(10-12-20)22(25)18(2)21-8-3-4-13-23-21/h3-4,8-13,17-18H,5-7,14-16H2,1-2H3/t17-,18?/m1/s1. The highest BCUT2D eigenvalue weighted by Crippen LogP contribution is 2.21. The van der Waals surface area contributed by atoms with E-state index in [1.54, 1.807) is 6.20 Å². The molecular weight excluding hydrogens is 324 g/mol. The third-order valence-electron chi connectivity index (χ3n) is 5.21. The number of likely N-dealkylation sites (tertiary alicyclic amines) is 1. The van der Waals surface area contributed by atoms with E-state index in [1.165, 1.54) is 19.4 Å². The number of nitrogens with zero attached hydrogens (tertiary/aromatic N) is 2. The lowest BCUT2D eigenvalue weighted by Crippen LogP contribution is -2.28. The van der Waals surface area contributed by atoms with E-state index in [4.69, 9.17) is 4.74 Å². The highest BCUT2D eigenvalue weighted by atomic mass is 16.5. The first-order valence-corrected chi connectivity index (χ1v) is 9.57. The van der Waals surface area contributed by atoms with Crippen LogP contribution in [-0.2, 0) is 0 Å². The van der Waals surface area contributed by atoms with Crippen LogP contribution in [0.15, 0.2) is 48.7 Å². The highest BCUT2D eigenvalue weighted by Gasteiger charge is 2.19. The molecule has 4 heteroatoms. The molecule has 0 N–H and O–H groups in total. The van der Waals surface area contributed by atoms with Crippen molar-refractivity contribution >= 4 is 5.78 Å². The Labute approximate surface area is 156 Å². The van der Waals surface area contributed by atoms with E-state index in [9.17, 15) is 4.79 Å². The Morgan fingerprint density at radius 3 is 2.73 bits per heavy atom. The minimum atomic E-state index is -0.245. The molecule has 0 saturated carbocycles. The number of benzene rings is 1. The smallest absolute Gasteiger partial charge is 0.171 e. The van der Waals surface area contributed by atoms with Gasteiger partial charge in [0.25, 0.3) is 0 Å². The third-order valence-corrected chi connectivity index (χ3v) is 5.21. The van der Waals surface area contributed by atoms with Gasteiger partial charge in [0.15, 0.2) is 5.78 Å². The van der Waals surface area contributed by atoms with Crippen molar-refractivity contribution in [3.8, 4) is 5.75 Å². The molecule has 0 spiro atoms. The van der Waals surface area contributed by atoms with Crippen LogP contribution >= 0.6 is 0 Å². The van der Waals surface area contributed by atoms with Crippen LogP contribution in [0.3, 0.4) is 0 Å². The van der Waals surface area contributed by atoms with Crippen molar-refractivity contribution in [2.24, 2.45) is 0 Å². The van der Waals surface area contributed by atoms with E-state index in [-0.39, 0.29) is 11.7 Å². The van der Waals surface area contributed by atoms with Gasteiger partial charge in [-0.25, -0.2) is 0 Å². The quantitative estimate of drug-likeness (QED) is 0.524. The SMILES string of the molecule is CC(C(=O)c1ccc(OCCCN2CCC[C@H]2C)cc1)c1ccccn1. The number of carbonyl (C=O) groups is 1.